The largest absolute Gasteiger partial charge is 0.507 e. The number of hydrogen-bond donors (Lipinski definition) is 4. The Balaban J connectivity index is 1.68. The topological polar surface area (TPSA) is 125 Å². The number of nitrogens with one attached hydrogen (secondary N) is 1. The van der Waals surface area contributed by atoms with E-state index in [4.69, 9.17) is 10.5 Å². The van der Waals surface area contributed by atoms with Gasteiger partial charge in [-0.05, 0) is 29.7 Å². The second-order valence-electron chi connectivity index (χ2n) is 9.45. The van der Waals surface area contributed by atoms with E-state index in [0.717, 1.165) is 0 Å². The molecular formula is C28H22N2O5. The molecule has 2 heterocycles. The van der Waals surface area contributed by atoms with Gasteiger partial charge >= 0.3 is 0 Å². The molecule has 2 bridgehead atoms. The minimum atomic E-state index is -1.34. The number of phenolic OH excluding ortho intramolecular Hbond substituents is 1. The number of fused-ring (bicyclic) bond motifs is 4. The van der Waals surface area contributed by atoms with Gasteiger partial charge in [-0.1, -0.05) is 55.7 Å². The van der Waals surface area contributed by atoms with Crippen LogP contribution in [-0.4, -0.2) is 39.5 Å². The highest BCUT2D eigenvalue weighted by atomic mass is 16.6. The van der Waals surface area contributed by atoms with Crippen LogP contribution in [-0.2, 0) is 16.9 Å². The first-order chi connectivity index (χ1) is 16.8. The van der Waals surface area contributed by atoms with E-state index >= 15 is 0 Å². The predicted octanol–water partition coefficient (Wildman–Crippen LogP) is 1.98. The summed E-state index contributed by atoms with van der Waals surface area (Å²) in [5, 5.41) is 25.7. The first-order valence-electron chi connectivity index (χ1n) is 11.4. The number of anilines is 1. The van der Waals surface area contributed by atoms with Crippen molar-refractivity contribution in [2.24, 2.45) is 11.7 Å². The number of nitrogens with two attached hydrogens (primary N) is 1. The number of carbonyl (C=O) groups is 2. The molecule has 0 aromatic heterocycles. The number of hydrogen-bond acceptors (Lipinski definition) is 7. The number of aliphatic hydroxyl groups excluding tert-OH is 1. The van der Waals surface area contributed by atoms with Gasteiger partial charge in [0.15, 0.2) is 23.3 Å². The molecule has 4 atom stereocenters. The molecule has 0 amide bonds. The molecule has 6 rings (SSSR count). The summed E-state index contributed by atoms with van der Waals surface area (Å²) in [7, 11) is 0. The third-order valence-electron chi connectivity index (χ3n) is 7.53. The van der Waals surface area contributed by atoms with Gasteiger partial charge in [-0.2, -0.15) is 0 Å². The standard InChI is InChI=1S/C28H22N2O5/c1-14(2)27-19-10-5-3-4-6-11-20(32)28(27,35-27)17-12-18(31)22-23(24(17)30-19)25(33)16-9-7-8-15(13-29)21(16)26(22)34/h3-4,7-9,12,14,19-20,30-32H,13,29H2,1-2H3/b4-3-/t19-,20-,27-,28-/m0/s1. The number of phenols is 1. The Morgan fingerprint density at radius 3 is 2.57 bits per heavy atom. The van der Waals surface area contributed by atoms with Crippen LogP contribution in [0.15, 0.2) is 36.4 Å². The van der Waals surface area contributed by atoms with Crippen molar-refractivity contribution in [2.45, 2.75) is 43.7 Å². The third-order valence-corrected chi connectivity index (χ3v) is 7.53. The van der Waals surface area contributed by atoms with E-state index in [-0.39, 0.29) is 40.5 Å². The number of aliphatic hydroxyl groups is 1. The summed E-state index contributed by atoms with van der Waals surface area (Å²) in [4.78, 5) is 27.4. The van der Waals surface area contributed by atoms with Gasteiger partial charge in [0.05, 0.1) is 16.8 Å². The lowest BCUT2D eigenvalue weighted by atomic mass is 9.67. The molecule has 0 radical (unpaired) electrons. The Bertz CT molecular complexity index is 1520. The van der Waals surface area contributed by atoms with Crippen LogP contribution in [0.25, 0.3) is 0 Å². The molecule has 0 saturated carbocycles. The van der Waals surface area contributed by atoms with E-state index < -0.39 is 34.9 Å². The van der Waals surface area contributed by atoms with Crippen LogP contribution in [0.4, 0.5) is 5.69 Å². The lowest BCUT2D eigenvalue weighted by Gasteiger charge is -2.38. The summed E-state index contributed by atoms with van der Waals surface area (Å²) < 4.78 is 6.39. The second-order valence-corrected chi connectivity index (χ2v) is 9.45. The molecule has 7 nitrogen and oxygen atoms in total. The average Bonchev–Trinajstić information content (AvgIpc) is 3.57. The molecule has 5 N–H and O–H groups in total. The molecule has 0 unspecified atom stereocenters. The fraction of sp³-hybridized carbons (Fsp3) is 0.286. The maximum atomic E-state index is 13.8. The quantitative estimate of drug-likeness (QED) is 0.259. The highest BCUT2D eigenvalue weighted by Gasteiger charge is 2.81. The number of benzene rings is 2. The summed E-state index contributed by atoms with van der Waals surface area (Å²) in [6.07, 6.45) is 1.87. The minimum absolute atomic E-state index is 0.0402. The van der Waals surface area contributed by atoms with E-state index in [1.165, 1.54) is 6.07 Å². The smallest absolute Gasteiger partial charge is 0.198 e. The summed E-state index contributed by atoms with van der Waals surface area (Å²) >= 11 is 0. The number of ketones is 2. The normalized spacial score (nSPS) is 29.7. The van der Waals surface area contributed by atoms with E-state index in [2.05, 4.69) is 29.0 Å². The molecule has 2 aromatic rings. The van der Waals surface area contributed by atoms with Crippen molar-refractivity contribution < 1.29 is 24.5 Å². The van der Waals surface area contributed by atoms with Crippen LogP contribution in [0.1, 0.15) is 56.8 Å². The lowest BCUT2D eigenvalue weighted by Crippen LogP contribution is -2.52. The highest BCUT2D eigenvalue weighted by molar-refractivity contribution is 6.31. The van der Waals surface area contributed by atoms with Gasteiger partial charge in [0, 0.05) is 23.2 Å². The van der Waals surface area contributed by atoms with Gasteiger partial charge in [0.25, 0.3) is 0 Å². The number of ether oxygens (including phenoxy) is 1. The number of epoxide rings is 1. The summed E-state index contributed by atoms with van der Waals surface area (Å²) in [5.41, 5.74) is 5.14. The second kappa shape index (κ2) is 7.07. The first kappa shape index (κ1) is 21.6. The molecular weight excluding hydrogens is 444 g/mol. The number of allylic oxidation sites excluding steroid dienone is 2. The molecule has 35 heavy (non-hydrogen) atoms. The predicted molar refractivity (Wildman–Crippen MR) is 128 cm³/mol. The van der Waals surface area contributed by atoms with Crippen molar-refractivity contribution in [3.8, 4) is 29.4 Å². The van der Waals surface area contributed by atoms with Crippen molar-refractivity contribution in [3.63, 3.8) is 0 Å². The zero-order valence-electron chi connectivity index (χ0n) is 19.1. The molecule has 4 aliphatic rings. The highest BCUT2D eigenvalue weighted by Crippen LogP contribution is 2.68. The molecule has 0 spiro atoms. The summed E-state index contributed by atoms with van der Waals surface area (Å²) in [6.45, 7) is 4.00. The molecule has 174 valence electrons. The Hall–Kier alpha value is -3.88. The van der Waals surface area contributed by atoms with Gasteiger partial charge in [0.2, 0.25) is 0 Å². The van der Waals surface area contributed by atoms with Crippen LogP contribution in [0.5, 0.6) is 5.75 Å². The lowest BCUT2D eigenvalue weighted by molar-refractivity contribution is 0.0974. The fourth-order valence-corrected chi connectivity index (χ4v) is 5.97. The third kappa shape index (κ3) is 2.47. The van der Waals surface area contributed by atoms with Crippen molar-refractivity contribution in [3.05, 3.63) is 69.8 Å². The van der Waals surface area contributed by atoms with Gasteiger partial charge < -0.3 is 26.0 Å². The van der Waals surface area contributed by atoms with Crippen molar-refractivity contribution >= 4 is 17.3 Å². The number of aromatic hydroxyl groups is 1. The average molecular weight is 466 g/mol. The zero-order valence-corrected chi connectivity index (χ0v) is 19.1. The first-order valence-corrected chi connectivity index (χ1v) is 11.4. The molecule has 2 aliphatic heterocycles. The Labute approximate surface area is 202 Å². The minimum Gasteiger partial charge on any atom is -0.507 e. The van der Waals surface area contributed by atoms with Crippen LogP contribution < -0.4 is 11.1 Å². The summed E-state index contributed by atoms with van der Waals surface area (Å²) in [6, 6.07) is 5.75. The molecule has 1 fully saturated rings. The van der Waals surface area contributed by atoms with Crippen molar-refractivity contribution in [1.29, 1.82) is 0 Å². The molecule has 7 heteroatoms. The Morgan fingerprint density at radius 2 is 1.86 bits per heavy atom. The van der Waals surface area contributed by atoms with Gasteiger partial charge in [-0.25, -0.2) is 0 Å². The summed E-state index contributed by atoms with van der Waals surface area (Å²) in [5.74, 6) is 10.3. The maximum absolute atomic E-state index is 13.8. The van der Waals surface area contributed by atoms with Crippen LogP contribution in [0.2, 0.25) is 0 Å². The number of rotatable bonds is 2. The Kier molecular flexibility index (Phi) is 4.37. The van der Waals surface area contributed by atoms with Gasteiger partial charge in [-0.15, -0.1) is 0 Å². The monoisotopic (exact) mass is 466 g/mol. The van der Waals surface area contributed by atoms with Gasteiger partial charge in [-0.3, -0.25) is 9.59 Å². The van der Waals surface area contributed by atoms with E-state index in [1.54, 1.807) is 30.4 Å². The van der Waals surface area contributed by atoms with Crippen LogP contribution >= 0.6 is 0 Å². The van der Waals surface area contributed by atoms with E-state index in [9.17, 15) is 19.8 Å². The van der Waals surface area contributed by atoms with E-state index in [0.29, 0.717) is 16.8 Å². The zero-order chi connectivity index (χ0) is 24.7. The SMILES string of the molecule is CC(C)[C@@]12O[C@]13c1cc(O)c4c(c1N[C@H]2C#C/C=C\C#C[C@@H]3O)C(=O)c1cccc(CN)c1C4=O. The van der Waals surface area contributed by atoms with E-state index in [1.807, 2.05) is 13.8 Å². The molecule has 2 aromatic carbocycles. The van der Waals surface area contributed by atoms with Crippen molar-refractivity contribution in [1.82, 2.24) is 0 Å². The Morgan fingerprint density at radius 1 is 1.11 bits per heavy atom. The molecule has 1 saturated heterocycles. The maximum Gasteiger partial charge on any atom is 0.198 e. The van der Waals surface area contributed by atoms with Crippen molar-refractivity contribution in [2.75, 3.05) is 5.32 Å². The molecule has 2 aliphatic carbocycles. The van der Waals surface area contributed by atoms with Gasteiger partial charge in [0.1, 0.15) is 17.4 Å². The van der Waals surface area contributed by atoms with Crippen LogP contribution in [0.3, 0.4) is 0 Å². The number of carbonyl (C=O) groups excluding carboxylic acids is 2. The van der Waals surface area contributed by atoms with Crippen LogP contribution in [0, 0.1) is 29.6 Å². The fourth-order valence-electron chi connectivity index (χ4n) is 5.97.